The molecule has 1 aromatic heterocycles. The summed E-state index contributed by atoms with van der Waals surface area (Å²) in [4.78, 5) is 0. The Balaban J connectivity index is 2.61. The summed E-state index contributed by atoms with van der Waals surface area (Å²) in [5, 5.41) is 16.4. The van der Waals surface area contributed by atoms with E-state index >= 15 is 0 Å². The van der Waals surface area contributed by atoms with Gasteiger partial charge in [-0.3, -0.25) is 4.68 Å². The van der Waals surface area contributed by atoms with Gasteiger partial charge < -0.3 is 10.4 Å². The molecule has 1 unspecified atom stereocenters. The smallest absolute Gasteiger partial charge is 0.0596 e. The lowest BCUT2D eigenvalue weighted by molar-refractivity contribution is 0.257. The van der Waals surface area contributed by atoms with Crippen molar-refractivity contribution >= 4 is 0 Å². The first-order valence-corrected chi connectivity index (χ1v) is 4.96. The topological polar surface area (TPSA) is 50.1 Å². The van der Waals surface area contributed by atoms with Crippen LogP contribution in [0.15, 0.2) is 6.07 Å². The van der Waals surface area contributed by atoms with Crippen molar-refractivity contribution in [2.24, 2.45) is 0 Å². The monoisotopic (exact) mass is 197 g/mol. The number of rotatable bonds is 5. The Morgan fingerprint density at radius 1 is 1.57 bits per heavy atom. The van der Waals surface area contributed by atoms with E-state index in [0.717, 1.165) is 18.7 Å². The van der Waals surface area contributed by atoms with E-state index in [1.54, 1.807) is 0 Å². The maximum absolute atomic E-state index is 8.85. The van der Waals surface area contributed by atoms with Crippen LogP contribution in [0, 0.1) is 13.8 Å². The lowest BCUT2D eigenvalue weighted by Gasteiger charge is -2.15. The number of likely N-dealkylation sites (N-methyl/N-ethyl adjacent to an activating group) is 1. The molecule has 0 radical (unpaired) electrons. The van der Waals surface area contributed by atoms with Crippen molar-refractivity contribution in [2.75, 3.05) is 13.7 Å². The molecule has 2 N–H and O–H groups in total. The number of aryl methyl sites for hydroxylation is 2. The minimum absolute atomic E-state index is 0.213. The number of hydrogen-bond acceptors (Lipinski definition) is 3. The van der Waals surface area contributed by atoms with Gasteiger partial charge >= 0.3 is 0 Å². The molecule has 0 spiro atoms. The molecule has 1 aromatic rings. The quantitative estimate of drug-likeness (QED) is 0.721. The lowest BCUT2D eigenvalue weighted by atomic mass is 10.2. The van der Waals surface area contributed by atoms with Crippen LogP contribution in [0.25, 0.3) is 0 Å². The number of aliphatic hydroxyl groups is 1. The van der Waals surface area contributed by atoms with Gasteiger partial charge in [0.15, 0.2) is 0 Å². The van der Waals surface area contributed by atoms with Crippen molar-refractivity contribution in [3.63, 3.8) is 0 Å². The first-order valence-electron chi connectivity index (χ1n) is 4.96. The van der Waals surface area contributed by atoms with E-state index in [1.807, 2.05) is 25.6 Å². The minimum Gasteiger partial charge on any atom is -0.396 e. The fourth-order valence-corrected chi connectivity index (χ4v) is 1.55. The van der Waals surface area contributed by atoms with Crippen LogP contribution in [0.4, 0.5) is 0 Å². The largest absolute Gasteiger partial charge is 0.396 e. The Morgan fingerprint density at radius 3 is 2.71 bits per heavy atom. The molecule has 0 saturated heterocycles. The number of nitrogens with one attached hydrogen (secondary N) is 1. The molecule has 0 aliphatic heterocycles. The van der Waals surface area contributed by atoms with Crippen LogP contribution in [0.1, 0.15) is 17.8 Å². The second kappa shape index (κ2) is 5.12. The Bertz CT molecular complexity index is 283. The third kappa shape index (κ3) is 2.82. The van der Waals surface area contributed by atoms with E-state index in [2.05, 4.69) is 16.5 Å². The highest BCUT2D eigenvalue weighted by molar-refractivity contribution is 5.06. The van der Waals surface area contributed by atoms with Crippen LogP contribution in [-0.4, -0.2) is 34.6 Å². The SMILES string of the molecule is CNC(CCO)Cn1nc(C)cc1C. The molecule has 4 heteroatoms. The first kappa shape index (κ1) is 11.2. The molecule has 0 aliphatic carbocycles. The fourth-order valence-electron chi connectivity index (χ4n) is 1.55. The summed E-state index contributed by atoms with van der Waals surface area (Å²) in [7, 11) is 1.91. The summed E-state index contributed by atoms with van der Waals surface area (Å²) < 4.78 is 1.98. The van der Waals surface area contributed by atoms with Crippen molar-refractivity contribution in [2.45, 2.75) is 32.9 Å². The zero-order chi connectivity index (χ0) is 10.6. The van der Waals surface area contributed by atoms with E-state index in [1.165, 1.54) is 5.69 Å². The van der Waals surface area contributed by atoms with Crippen molar-refractivity contribution in [1.82, 2.24) is 15.1 Å². The third-order valence-corrected chi connectivity index (χ3v) is 2.38. The molecule has 14 heavy (non-hydrogen) atoms. The Kier molecular flexibility index (Phi) is 4.10. The van der Waals surface area contributed by atoms with Gasteiger partial charge in [-0.25, -0.2) is 0 Å². The molecule has 0 saturated carbocycles. The second-order valence-electron chi connectivity index (χ2n) is 3.61. The molecule has 1 atom stereocenters. The van der Waals surface area contributed by atoms with E-state index in [4.69, 9.17) is 5.11 Å². The van der Waals surface area contributed by atoms with Gasteiger partial charge in [0.1, 0.15) is 0 Å². The van der Waals surface area contributed by atoms with Gasteiger partial charge in [0.05, 0.1) is 12.2 Å². The molecule has 4 nitrogen and oxygen atoms in total. The average Bonchev–Trinajstić information content (AvgIpc) is 2.44. The molecule has 80 valence electrons. The number of hydrogen-bond donors (Lipinski definition) is 2. The van der Waals surface area contributed by atoms with Gasteiger partial charge in [0.2, 0.25) is 0 Å². The van der Waals surface area contributed by atoms with Crippen LogP contribution in [0.5, 0.6) is 0 Å². The number of aromatic nitrogens is 2. The molecule has 0 aromatic carbocycles. The molecule has 1 rings (SSSR count). The normalized spacial score (nSPS) is 13.1. The van der Waals surface area contributed by atoms with Crippen LogP contribution in [-0.2, 0) is 6.54 Å². The van der Waals surface area contributed by atoms with Gasteiger partial charge in [-0.2, -0.15) is 5.10 Å². The highest BCUT2D eigenvalue weighted by atomic mass is 16.3. The molecule has 0 bridgehead atoms. The maximum atomic E-state index is 8.85. The summed E-state index contributed by atoms with van der Waals surface area (Å²) in [5.74, 6) is 0. The van der Waals surface area contributed by atoms with E-state index in [-0.39, 0.29) is 12.6 Å². The summed E-state index contributed by atoms with van der Waals surface area (Å²) >= 11 is 0. The van der Waals surface area contributed by atoms with Crippen LogP contribution in [0.2, 0.25) is 0 Å². The van der Waals surface area contributed by atoms with Crippen LogP contribution >= 0.6 is 0 Å². The van der Waals surface area contributed by atoms with Gasteiger partial charge in [-0.15, -0.1) is 0 Å². The zero-order valence-electron chi connectivity index (χ0n) is 9.12. The van der Waals surface area contributed by atoms with Crippen LogP contribution in [0.3, 0.4) is 0 Å². The predicted octanol–water partition coefficient (Wildman–Crippen LogP) is 0.470. The molecule has 1 heterocycles. The predicted molar refractivity (Wildman–Crippen MR) is 56.3 cm³/mol. The molecule has 0 fully saturated rings. The molecule has 0 aliphatic rings. The van der Waals surface area contributed by atoms with Crippen molar-refractivity contribution in [3.8, 4) is 0 Å². The minimum atomic E-state index is 0.213. The highest BCUT2D eigenvalue weighted by Crippen LogP contribution is 2.04. The summed E-state index contributed by atoms with van der Waals surface area (Å²) in [6, 6.07) is 2.35. The van der Waals surface area contributed by atoms with Crippen LogP contribution < -0.4 is 5.32 Å². The standard InChI is InChI=1S/C10H19N3O/c1-8-6-9(2)13(12-8)7-10(11-3)4-5-14/h6,10-11,14H,4-5,7H2,1-3H3. The molecule has 0 amide bonds. The molecular formula is C10H19N3O. The Morgan fingerprint density at radius 2 is 2.29 bits per heavy atom. The molecular weight excluding hydrogens is 178 g/mol. The van der Waals surface area contributed by atoms with Crippen molar-refractivity contribution < 1.29 is 5.11 Å². The van der Waals surface area contributed by atoms with E-state index in [0.29, 0.717) is 0 Å². The van der Waals surface area contributed by atoms with Gasteiger partial charge in [0, 0.05) is 18.3 Å². The van der Waals surface area contributed by atoms with Gasteiger partial charge in [-0.1, -0.05) is 0 Å². The van der Waals surface area contributed by atoms with E-state index in [9.17, 15) is 0 Å². The Labute approximate surface area is 84.9 Å². The lowest BCUT2D eigenvalue weighted by Crippen LogP contribution is -2.31. The fraction of sp³-hybridized carbons (Fsp3) is 0.700. The third-order valence-electron chi connectivity index (χ3n) is 2.38. The summed E-state index contributed by atoms with van der Waals surface area (Å²) in [6.45, 7) is 5.07. The first-order chi connectivity index (χ1) is 6.67. The van der Waals surface area contributed by atoms with Gasteiger partial charge in [0.25, 0.3) is 0 Å². The van der Waals surface area contributed by atoms with Gasteiger partial charge in [-0.05, 0) is 33.4 Å². The van der Waals surface area contributed by atoms with E-state index < -0.39 is 0 Å². The highest BCUT2D eigenvalue weighted by Gasteiger charge is 2.08. The Hall–Kier alpha value is -0.870. The van der Waals surface area contributed by atoms with Crippen molar-refractivity contribution in [1.29, 1.82) is 0 Å². The summed E-state index contributed by atoms with van der Waals surface area (Å²) in [5.41, 5.74) is 2.21. The maximum Gasteiger partial charge on any atom is 0.0596 e. The second-order valence-corrected chi connectivity index (χ2v) is 3.61. The number of aliphatic hydroxyl groups excluding tert-OH is 1. The zero-order valence-corrected chi connectivity index (χ0v) is 9.12. The van der Waals surface area contributed by atoms with Crippen molar-refractivity contribution in [3.05, 3.63) is 17.5 Å². The average molecular weight is 197 g/mol. The number of nitrogens with zero attached hydrogens (tertiary/aromatic N) is 2. The summed E-state index contributed by atoms with van der Waals surface area (Å²) in [6.07, 6.45) is 0.759.